The average Bonchev–Trinajstić information content (AvgIpc) is 3.00. The quantitative estimate of drug-likeness (QED) is 0.275. The number of nitriles is 1. The molecule has 5 rings (SSSR count). The summed E-state index contributed by atoms with van der Waals surface area (Å²) in [5, 5.41) is 13.5. The molecule has 1 unspecified atom stereocenters. The summed E-state index contributed by atoms with van der Waals surface area (Å²) in [7, 11) is 1.50. The van der Waals surface area contributed by atoms with Crippen LogP contribution in [0.2, 0.25) is 0 Å². The molecule has 0 spiro atoms. The first-order valence-electron chi connectivity index (χ1n) is 13.8. The molecule has 2 heterocycles. The maximum Gasteiger partial charge on any atom is 0.142 e. The molecule has 1 aliphatic carbocycles. The van der Waals surface area contributed by atoms with Crippen LogP contribution in [0.25, 0.3) is 5.57 Å². The lowest BCUT2D eigenvalue weighted by Gasteiger charge is -2.37. The molecule has 5 nitrogen and oxygen atoms in total. The van der Waals surface area contributed by atoms with Crippen molar-refractivity contribution in [2.24, 2.45) is 11.1 Å². The second-order valence-electron chi connectivity index (χ2n) is 10.6. The molecule has 1 atom stereocenters. The van der Waals surface area contributed by atoms with Crippen molar-refractivity contribution >= 4 is 39.9 Å². The number of piperazine rings is 1. The van der Waals surface area contributed by atoms with E-state index in [-0.39, 0.29) is 11.7 Å². The maximum atomic E-state index is 15.4. The van der Waals surface area contributed by atoms with Gasteiger partial charge in [0, 0.05) is 50.6 Å². The van der Waals surface area contributed by atoms with Gasteiger partial charge in [0.05, 0.1) is 17.8 Å². The van der Waals surface area contributed by atoms with Gasteiger partial charge in [0.15, 0.2) is 0 Å². The van der Waals surface area contributed by atoms with Crippen molar-refractivity contribution in [3.63, 3.8) is 0 Å². The third kappa shape index (κ3) is 6.83. The molecule has 40 heavy (non-hydrogen) atoms. The first-order valence-corrected chi connectivity index (χ1v) is 15.9. The third-order valence-corrected chi connectivity index (χ3v) is 9.00. The Morgan fingerprint density at radius 3 is 2.80 bits per heavy atom. The fraction of sp³-hybridized carbons (Fsp3) is 0.375. The lowest BCUT2D eigenvalue weighted by molar-refractivity contribution is 0.132. The van der Waals surface area contributed by atoms with E-state index in [0.29, 0.717) is 13.0 Å². The van der Waals surface area contributed by atoms with Crippen molar-refractivity contribution in [2.45, 2.75) is 32.8 Å². The van der Waals surface area contributed by atoms with Gasteiger partial charge in [-0.05, 0) is 89.4 Å². The van der Waals surface area contributed by atoms with Gasteiger partial charge in [-0.15, -0.1) is 11.7 Å². The predicted octanol–water partition coefficient (Wildman–Crippen LogP) is 6.90. The van der Waals surface area contributed by atoms with Crippen LogP contribution in [0.4, 0.5) is 10.1 Å². The number of allylic oxidation sites excluding steroid dienone is 5. The average molecular weight is 575 g/mol. The molecule has 0 saturated carbocycles. The van der Waals surface area contributed by atoms with E-state index in [4.69, 9.17) is 4.84 Å². The van der Waals surface area contributed by atoms with E-state index in [1.54, 1.807) is 6.21 Å². The zero-order valence-electron chi connectivity index (χ0n) is 22.9. The number of halogens is 1. The van der Waals surface area contributed by atoms with E-state index >= 15 is 4.39 Å². The molecule has 2 bridgehead atoms. The Labute approximate surface area is 245 Å². The number of rotatable bonds is 8. The van der Waals surface area contributed by atoms with Crippen LogP contribution in [-0.4, -0.2) is 49.6 Å². The number of thiol groups is 1. The number of fused-ring (bicyclic) bond motifs is 2. The van der Waals surface area contributed by atoms with Gasteiger partial charge >= 0.3 is 0 Å². The summed E-state index contributed by atoms with van der Waals surface area (Å²) >= 11 is 4.24. The molecule has 2 aromatic carbocycles. The van der Waals surface area contributed by atoms with Crippen molar-refractivity contribution < 1.29 is 9.23 Å². The van der Waals surface area contributed by atoms with Gasteiger partial charge in [-0.25, -0.2) is 4.39 Å². The van der Waals surface area contributed by atoms with Gasteiger partial charge in [0.25, 0.3) is 0 Å². The van der Waals surface area contributed by atoms with Crippen molar-refractivity contribution in [2.75, 3.05) is 43.4 Å². The fourth-order valence-electron chi connectivity index (χ4n) is 5.73. The van der Waals surface area contributed by atoms with Crippen LogP contribution in [0.3, 0.4) is 0 Å². The molecule has 8 heteroatoms. The first-order chi connectivity index (χ1) is 19.6. The van der Waals surface area contributed by atoms with Gasteiger partial charge in [0.2, 0.25) is 0 Å². The lowest BCUT2D eigenvalue weighted by Crippen LogP contribution is -2.47. The van der Waals surface area contributed by atoms with E-state index in [1.807, 2.05) is 30.4 Å². The van der Waals surface area contributed by atoms with Crippen LogP contribution in [0.5, 0.6) is 0 Å². The summed E-state index contributed by atoms with van der Waals surface area (Å²) < 4.78 is 15.4. The molecule has 1 saturated heterocycles. The topological polar surface area (TPSA) is 51.9 Å². The third-order valence-electron chi connectivity index (χ3n) is 8.06. The minimum Gasteiger partial charge on any atom is -0.391 e. The standard InChI is InChI=1S/C32H35FN4OS2/c1-23-29-3-2-4-31(23)26(9-11-35-38-22-29)18-27-6-5-24(17-32(27)33)21-36-12-14-37(15-13-36)30-8-7-28(20-34)25(19-30)10-16-40-39/h2-4,6-9,11,17,19,24,39H,5,10,12-16,18,21-22H2,1H3/b26-9-,35-11-. The molecule has 208 valence electrons. The second-order valence-corrected chi connectivity index (χ2v) is 12.0. The number of hydrogen-bond donors (Lipinski definition) is 1. The summed E-state index contributed by atoms with van der Waals surface area (Å²) in [6, 6.07) is 14.6. The molecule has 1 fully saturated rings. The van der Waals surface area contributed by atoms with Crippen LogP contribution in [0, 0.1) is 24.2 Å². The summed E-state index contributed by atoms with van der Waals surface area (Å²) in [6.07, 6.45) is 9.72. The highest BCUT2D eigenvalue weighted by Crippen LogP contribution is 2.34. The van der Waals surface area contributed by atoms with E-state index in [0.717, 1.165) is 90.3 Å². The highest BCUT2D eigenvalue weighted by atomic mass is 33.1. The van der Waals surface area contributed by atoms with Crippen molar-refractivity contribution in [1.82, 2.24) is 4.90 Å². The minimum absolute atomic E-state index is 0.109. The summed E-state index contributed by atoms with van der Waals surface area (Å²) in [5.41, 5.74) is 8.18. The monoisotopic (exact) mass is 574 g/mol. The zero-order chi connectivity index (χ0) is 27.9. The lowest BCUT2D eigenvalue weighted by atomic mass is 9.88. The van der Waals surface area contributed by atoms with Crippen molar-refractivity contribution in [1.29, 1.82) is 5.26 Å². The molecule has 0 aromatic heterocycles. The highest BCUT2D eigenvalue weighted by molar-refractivity contribution is 8.68. The van der Waals surface area contributed by atoms with Crippen molar-refractivity contribution in [3.8, 4) is 6.07 Å². The molecule has 0 radical (unpaired) electrons. The smallest absolute Gasteiger partial charge is 0.142 e. The predicted molar refractivity (Wildman–Crippen MR) is 167 cm³/mol. The molecule has 2 aromatic rings. The number of anilines is 1. The second kappa shape index (κ2) is 13.6. The number of benzene rings is 2. The van der Waals surface area contributed by atoms with E-state index < -0.39 is 0 Å². The molecule has 3 aliphatic rings. The van der Waals surface area contributed by atoms with Crippen LogP contribution in [-0.2, 0) is 17.9 Å². The van der Waals surface area contributed by atoms with E-state index in [9.17, 15) is 5.26 Å². The van der Waals surface area contributed by atoms with Crippen LogP contribution in [0.1, 0.15) is 40.7 Å². The zero-order valence-corrected chi connectivity index (χ0v) is 24.6. The molecule has 2 aliphatic heterocycles. The van der Waals surface area contributed by atoms with Crippen LogP contribution >= 0.6 is 22.5 Å². The summed E-state index contributed by atoms with van der Waals surface area (Å²) in [4.78, 5) is 10.2. The largest absolute Gasteiger partial charge is 0.391 e. The van der Waals surface area contributed by atoms with Gasteiger partial charge in [-0.1, -0.05) is 40.2 Å². The van der Waals surface area contributed by atoms with Gasteiger partial charge in [-0.2, -0.15) is 5.26 Å². The first kappa shape index (κ1) is 28.5. The number of hydrogen-bond acceptors (Lipinski definition) is 7. The van der Waals surface area contributed by atoms with Gasteiger partial charge < -0.3 is 9.74 Å². The highest BCUT2D eigenvalue weighted by Gasteiger charge is 2.23. The molecular weight excluding hydrogens is 540 g/mol. The molecule has 0 N–H and O–H groups in total. The summed E-state index contributed by atoms with van der Waals surface area (Å²) in [6.45, 7) is 7.11. The SMILES string of the molecule is Cc1c2cccc1/C(CC1=CCC(CN3CCN(c4ccc(C#N)c(CCSS)c4)CC3)C=C1F)=C\C=N/OC2. The summed E-state index contributed by atoms with van der Waals surface area (Å²) in [5.74, 6) is 0.942. The minimum atomic E-state index is -0.109. The Bertz CT molecular complexity index is 1390. The van der Waals surface area contributed by atoms with E-state index in [2.05, 4.69) is 63.9 Å². The Morgan fingerprint density at radius 1 is 1.18 bits per heavy atom. The van der Waals surface area contributed by atoms with E-state index in [1.165, 1.54) is 16.5 Å². The Balaban J connectivity index is 1.17. The van der Waals surface area contributed by atoms with Crippen LogP contribution in [0.15, 0.2) is 71.2 Å². The maximum absolute atomic E-state index is 15.4. The Morgan fingerprint density at radius 2 is 2.02 bits per heavy atom. The van der Waals surface area contributed by atoms with Gasteiger partial charge in [0.1, 0.15) is 12.4 Å². The van der Waals surface area contributed by atoms with Gasteiger partial charge in [-0.3, -0.25) is 4.90 Å². The Hall–Kier alpha value is -2.99. The molecule has 0 amide bonds. The Kier molecular flexibility index (Phi) is 9.69. The fourth-order valence-corrected chi connectivity index (χ4v) is 6.32. The normalized spacial score (nSPS) is 21.5. The van der Waals surface area contributed by atoms with Crippen molar-refractivity contribution in [3.05, 3.63) is 93.8 Å². The number of nitrogens with zero attached hydrogens (tertiary/aromatic N) is 4. The number of aryl methyl sites for hydroxylation is 1. The number of oxime groups is 1. The van der Waals surface area contributed by atoms with Crippen LogP contribution < -0.4 is 4.90 Å². The molecular formula is C32H35FN4OS2.